The van der Waals surface area contributed by atoms with Crippen molar-refractivity contribution >= 4 is 37.2 Å². The SMILES string of the molecule is CSCCCOc1cc(C)c(S(=O)(=O)Cl)cc1[N+](=O)[O-]. The molecule has 0 amide bonds. The highest BCUT2D eigenvalue weighted by atomic mass is 35.7. The lowest BCUT2D eigenvalue weighted by atomic mass is 10.2. The topological polar surface area (TPSA) is 86.5 Å². The molecule has 0 saturated carbocycles. The van der Waals surface area contributed by atoms with Gasteiger partial charge in [0.05, 0.1) is 16.4 Å². The molecule has 0 aromatic heterocycles. The molecule has 0 heterocycles. The number of nitro benzene ring substituents is 1. The largest absolute Gasteiger partial charge is 0.487 e. The minimum absolute atomic E-state index is 0.0534. The summed E-state index contributed by atoms with van der Waals surface area (Å²) in [7, 11) is 1.22. The number of hydrogen-bond donors (Lipinski definition) is 0. The van der Waals surface area contributed by atoms with Crippen LogP contribution < -0.4 is 4.74 Å². The Hall–Kier alpha value is -0.990. The fourth-order valence-electron chi connectivity index (χ4n) is 1.56. The molecule has 6 nitrogen and oxygen atoms in total. The number of nitro groups is 1. The smallest absolute Gasteiger partial charge is 0.312 e. The van der Waals surface area contributed by atoms with Gasteiger partial charge in [-0.25, -0.2) is 8.42 Å². The van der Waals surface area contributed by atoms with Crippen LogP contribution in [0.2, 0.25) is 0 Å². The number of halogens is 1. The molecule has 0 spiro atoms. The Morgan fingerprint density at radius 1 is 1.45 bits per heavy atom. The molecule has 1 aromatic rings. The number of hydrogen-bond acceptors (Lipinski definition) is 6. The fourth-order valence-corrected chi connectivity index (χ4v) is 3.16. The van der Waals surface area contributed by atoms with Crippen molar-refractivity contribution in [3.05, 3.63) is 27.8 Å². The van der Waals surface area contributed by atoms with Gasteiger partial charge in [0.1, 0.15) is 0 Å². The maximum absolute atomic E-state index is 11.3. The summed E-state index contributed by atoms with van der Waals surface area (Å²) in [5, 5.41) is 11.0. The molecule has 1 aromatic carbocycles. The van der Waals surface area contributed by atoms with E-state index in [1.807, 2.05) is 6.26 Å². The van der Waals surface area contributed by atoms with E-state index in [1.54, 1.807) is 11.8 Å². The third-order valence-corrected chi connectivity index (χ3v) is 4.63. The van der Waals surface area contributed by atoms with E-state index in [1.165, 1.54) is 13.0 Å². The van der Waals surface area contributed by atoms with Gasteiger partial charge >= 0.3 is 5.69 Å². The molecule has 0 atom stereocenters. The summed E-state index contributed by atoms with van der Waals surface area (Å²) in [6.07, 6.45) is 2.69. The molecule has 0 unspecified atom stereocenters. The average molecular weight is 340 g/mol. The quantitative estimate of drug-likeness (QED) is 0.328. The van der Waals surface area contributed by atoms with Crippen LogP contribution >= 0.6 is 22.4 Å². The molecule has 0 aliphatic heterocycles. The van der Waals surface area contributed by atoms with Crippen molar-refractivity contribution in [1.29, 1.82) is 0 Å². The molecule has 20 heavy (non-hydrogen) atoms. The normalized spacial score (nSPS) is 11.3. The Labute approximate surface area is 126 Å². The second-order valence-corrected chi connectivity index (χ2v) is 7.50. The maximum atomic E-state index is 11.3. The van der Waals surface area contributed by atoms with Crippen molar-refractivity contribution in [1.82, 2.24) is 0 Å². The van der Waals surface area contributed by atoms with E-state index in [0.29, 0.717) is 12.2 Å². The highest BCUT2D eigenvalue weighted by Crippen LogP contribution is 2.33. The predicted octanol–water partition coefficient (Wildman–Crippen LogP) is 2.96. The summed E-state index contributed by atoms with van der Waals surface area (Å²) >= 11 is 1.65. The lowest BCUT2D eigenvalue weighted by molar-refractivity contribution is -0.386. The Morgan fingerprint density at radius 3 is 2.60 bits per heavy atom. The van der Waals surface area contributed by atoms with E-state index in [-0.39, 0.29) is 10.6 Å². The summed E-state index contributed by atoms with van der Waals surface area (Å²) in [6, 6.07) is 2.26. The van der Waals surface area contributed by atoms with E-state index in [2.05, 4.69) is 0 Å². The third kappa shape index (κ3) is 4.53. The Bertz CT molecular complexity index is 603. The van der Waals surface area contributed by atoms with Gasteiger partial charge in [-0.2, -0.15) is 11.8 Å². The summed E-state index contributed by atoms with van der Waals surface area (Å²) in [5.41, 5.74) is -0.0931. The van der Waals surface area contributed by atoms with Crippen molar-refractivity contribution in [3.8, 4) is 5.75 Å². The molecule has 112 valence electrons. The first-order valence-corrected chi connectivity index (χ1v) is 9.33. The minimum Gasteiger partial charge on any atom is -0.487 e. The molecular formula is C11H14ClNO5S2. The number of aryl methyl sites for hydroxylation is 1. The van der Waals surface area contributed by atoms with Crippen molar-refractivity contribution in [2.75, 3.05) is 18.6 Å². The molecule has 1 rings (SSSR count). The van der Waals surface area contributed by atoms with Crippen LogP contribution in [-0.4, -0.2) is 32.0 Å². The van der Waals surface area contributed by atoms with Crippen LogP contribution in [0.15, 0.2) is 17.0 Å². The number of ether oxygens (including phenoxy) is 1. The summed E-state index contributed by atoms with van der Waals surface area (Å²) in [4.78, 5) is 10.0. The van der Waals surface area contributed by atoms with Crippen LogP contribution in [0.3, 0.4) is 0 Å². The van der Waals surface area contributed by atoms with E-state index in [0.717, 1.165) is 18.2 Å². The van der Waals surface area contributed by atoms with Gasteiger partial charge in [0.15, 0.2) is 5.75 Å². The predicted molar refractivity (Wildman–Crippen MR) is 79.4 cm³/mol. The number of nitrogens with zero attached hydrogens (tertiary/aromatic N) is 1. The monoisotopic (exact) mass is 339 g/mol. The second-order valence-electron chi connectivity index (χ2n) is 3.98. The molecule has 0 radical (unpaired) electrons. The Kier molecular flexibility index (Phi) is 6.09. The van der Waals surface area contributed by atoms with Crippen molar-refractivity contribution in [3.63, 3.8) is 0 Å². The first-order valence-electron chi connectivity index (χ1n) is 5.62. The average Bonchev–Trinajstić information content (AvgIpc) is 2.32. The third-order valence-electron chi connectivity index (χ3n) is 2.47. The van der Waals surface area contributed by atoms with Crippen molar-refractivity contribution in [2.45, 2.75) is 18.2 Å². The molecule has 0 saturated heterocycles. The summed E-state index contributed by atoms with van der Waals surface area (Å²) < 4.78 is 28.0. The lowest BCUT2D eigenvalue weighted by Gasteiger charge is -2.09. The summed E-state index contributed by atoms with van der Waals surface area (Å²) in [5.74, 6) is 0.929. The zero-order chi connectivity index (χ0) is 15.3. The molecule has 9 heteroatoms. The first-order chi connectivity index (χ1) is 9.27. The summed E-state index contributed by atoms with van der Waals surface area (Å²) in [6.45, 7) is 1.84. The van der Waals surface area contributed by atoms with Crippen LogP contribution in [0.4, 0.5) is 5.69 Å². The van der Waals surface area contributed by atoms with E-state index >= 15 is 0 Å². The molecule has 0 aliphatic carbocycles. The molecular weight excluding hydrogens is 326 g/mol. The van der Waals surface area contributed by atoms with Crippen LogP contribution in [0.25, 0.3) is 0 Å². The van der Waals surface area contributed by atoms with Gasteiger partial charge in [0.2, 0.25) is 0 Å². The standard InChI is InChI=1S/C11H14ClNO5S2/c1-8-6-10(18-4-3-5-19-2)9(13(14)15)7-11(8)20(12,16)17/h6-7H,3-5H2,1-2H3. The van der Waals surface area contributed by atoms with Crippen LogP contribution in [0.5, 0.6) is 5.75 Å². The van der Waals surface area contributed by atoms with Gasteiger partial charge in [0, 0.05) is 16.7 Å². The van der Waals surface area contributed by atoms with Gasteiger partial charge in [-0.3, -0.25) is 10.1 Å². The maximum Gasteiger partial charge on any atom is 0.312 e. The zero-order valence-corrected chi connectivity index (χ0v) is 13.3. The van der Waals surface area contributed by atoms with Gasteiger partial charge in [-0.15, -0.1) is 0 Å². The van der Waals surface area contributed by atoms with Gasteiger partial charge < -0.3 is 4.74 Å². The first kappa shape index (κ1) is 17.1. The lowest BCUT2D eigenvalue weighted by Crippen LogP contribution is -2.04. The molecule has 0 aliphatic rings. The van der Waals surface area contributed by atoms with Gasteiger partial charge in [0.25, 0.3) is 9.05 Å². The number of benzene rings is 1. The second kappa shape index (κ2) is 7.14. The minimum atomic E-state index is -4.03. The molecule has 0 N–H and O–H groups in total. The van der Waals surface area contributed by atoms with E-state index in [9.17, 15) is 18.5 Å². The van der Waals surface area contributed by atoms with Crippen LogP contribution in [0.1, 0.15) is 12.0 Å². The fraction of sp³-hybridized carbons (Fsp3) is 0.455. The van der Waals surface area contributed by atoms with Crippen LogP contribution in [-0.2, 0) is 9.05 Å². The van der Waals surface area contributed by atoms with Crippen molar-refractivity contribution < 1.29 is 18.1 Å². The van der Waals surface area contributed by atoms with Gasteiger partial charge in [-0.05, 0) is 37.0 Å². The molecule has 0 fully saturated rings. The Morgan fingerprint density at radius 2 is 2.10 bits per heavy atom. The van der Waals surface area contributed by atoms with Gasteiger partial charge in [-0.1, -0.05) is 0 Å². The zero-order valence-electron chi connectivity index (χ0n) is 11.0. The van der Waals surface area contributed by atoms with Crippen molar-refractivity contribution in [2.24, 2.45) is 0 Å². The number of thioether (sulfide) groups is 1. The highest BCUT2D eigenvalue weighted by Gasteiger charge is 2.23. The highest BCUT2D eigenvalue weighted by molar-refractivity contribution is 8.13. The van der Waals surface area contributed by atoms with E-state index in [4.69, 9.17) is 15.4 Å². The Balaban J connectivity index is 3.12. The number of rotatable bonds is 7. The van der Waals surface area contributed by atoms with E-state index < -0.39 is 19.7 Å². The van der Waals surface area contributed by atoms with Crippen LogP contribution in [0, 0.1) is 17.0 Å². The molecule has 0 bridgehead atoms.